The lowest BCUT2D eigenvalue weighted by Crippen LogP contribution is -1.86. The van der Waals surface area contributed by atoms with Crippen LogP contribution in [0.4, 0.5) is 0 Å². The summed E-state index contributed by atoms with van der Waals surface area (Å²) in [4.78, 5) is 0. The highest BCUT2D eigenvalue weighted by molar-refractivity contribution is 5.54. The maximum absolute atomic E-state index is 4.25. The number of rotatable bonds is 1. The van der Waals surface area contributed by atoms with E-state index in [0.29, 0.717) is 0 Å². The van der Waals surface area contributed by atoms with Crippen molar-refractivity contribution in [3.05, 3.63) is 35.7 Å². The van der Waals surface area contributed by atoms with Gasteiger partial charge in [-0.25, -0.2) is 4.52 Å². The zero-order chi connectivity index (χ0) is 8.55. The van der Waals surface area contributed by atoms with Crippen LogP contribution in [0.25, 0.3) is 5.52 Å². The van der Waals surface area contributed by atoms with Crippen molar-refractivity contribution in [2.45, 2.75) is 20.3 Å². The Bertz CT molecular complexity index is 401. The minimum absolute atomic E-state index is 1.05. The molecular weight excluding hydrogens is 148 g/mol. The van der Waals surface area contributed by atoms with Crippen molar-refractivity contribution < 1.29 is 0 Å². The third kappa shape index (κ3) is 0.998. The molecular formula is C10H12N2. The highest BCUT2D eigenvalue weighted by Crippen LogP contribution is 2.12. The Labute approximate surface area is 71.8 Å². The molecule has 0 unspecified atom stereocenters. The number of nitrogens with zero attached hydrogens (tertiary/aromatic N) is 2. The average Bonchev–Trinajstić information content (AvgIpc) is 2.46. The summed E-state index contributed by atoms with van der Waals surface area (Å²) in [5.74, 6) is 0. The SMILES string of the molecule is CCc1cnn2ccc(C)cc12. The molecule has 0 saturated carbocycles. The van der Waals surface area contributed by atoms with Crippen LogP contribution in [0.5, 0.6) is 0 Å². The molecule has 2 aromatic heterocycles. The van der Waals surface area contributed by atoms with Gasteiger partial charge in [-0.05, 0) is 36.6 Å². The van der Waals surface area contributed by atoms with Crippen molar-refractivity contribution >= 4 is 5.52 Å². The molecule has 0 fully saturated rings. The van der Waals surface area contributed by atoms with Gasteiger partial charge in [0, 0.05) is 6.20 Å². The summed E-state index contributed by atoms with van der Waals surface area (Å²) in [6, 6.07) is 4.24. The second-order valence-corrected chi connectivity index (χ2v) is 3.06. The molecule has 2 heteroatoms. The van der Waals surface area contributed by atoms with Crippen LogP contribution >= 0.6 is 0 Å². The summed E-state index contributed by atoms with van der Waals surface area (Å²) in [5.41, 5.74) is 3.84. The first-order valence-electron chi connectivity index (χ1n) is 4.24. The van der Waals surface area contributed by atoms with Crippen LogP contribution in [0.3, 0.4) is 0 Å². The normalized spacial score (nSPS) is 10.8. The van der Waals surface area contributed by atoms with Gasteiger partial charge in [-0.2, -0.15) is 5.10 Å². The zero-order valence-electron chi connectivity index (χ0n) is 7.41. The molecule has 2 heterocycles. The van der Waals surface area contributed by atoms with Crippen molar-refractivity contribution in [3.63, 3.8) is 0 Å². The maximum Gasteiger partial charge on any atom is 0.0696 e. The van der Waals surface area contributed by atoms with Gasteiger partial charge in [-0.1, -0.05) is 6.92 Å². The molecule has 0 aliphatic heterocycles. The molecule has 2 nitrogen and oxygen atoms in total. The lowest BCUT2D eigenvalue weighted by atomic mass is 10.2. The highest BCUT2D eigenvalue weighted by atomic mass is 15.2. The monoisotopic (exact) mass is 160 g/mol. The van der Waals surface area contributed by atoms with Crippen molar-refractivity contribution in [2.75, 3.05) is 0 Å². The van der Waals surface area contributed by atoms with E-state index in [1.54, 1.807) is 0 Å². The van der Waals surface area contributed by atoms with Gasteiger partial charge in [0.25, 0.3) is 0 Å². The number of hydrogen-bond acceptors (Lipinski definition) is 1. The van der Waals surface area contributed by atoms with Crippen LogP contribution in [-0.2, 0) is 6.42 Å². The molecule has 0 atom stereocenters. The fourth-order valence-corrected chi connectivity index (χ4v) is 1.41. The largest absolute Gasteiger partial charge is 0.241 e. The molecule has 0 amide bonds. The van der Waals surface area contributed by atoms with E-state index in [9.17, 15) is 0 Å². The predicted octanol–water partition coefficient (Wildman–Crippen LogP) is 2.21. The van der Waals surface area contributed by atoms with Gasteiger partial charge in [0.2, 0.25) is 0 Å². The molecule has 0 aromatic carbocycles. The standard InChI is InChI=1S/C10H12N2/c1-3-9-7-11-12-5-4-8(2)6-10(9)12/h4-7H,3H2,1-2H3. The Morgan fingerprint density at radius 2 is 2.33 bits per heavy atom. The van der Waals surface area contributed by atoms with E-state index in [0.717, 1.165) is 6.42 Å². The lowest BCUT2D eigenvalue weighted by Gasteiger charge is -1.96. The highest BCUT2D eigenvalue weighted by Gasteiger charge is 2.00. The van der Waals surface area contributed by atoms with Gasteiger partial charge in [0.15, 0.2) is 0 Å². The Balaban J connectivity index is 2.75. The van der Waals surface area contributed by atoms with Gasteiger partial charge in [0.1, 0.15) is 0 Å². The molecule has 0 bridgehead atoms. The molecule has 62 valence electrons. The molecule has 0 aliphatic rings. The van der Waals surface area contributed by atoms with Crippen molar-refractivity contribution in [3.8, 4) is 0 Å². The fourth-order valence-electron chi connectivity index (χ4n) is 1.41. The Hall–Kier alpha value is -1.31. The van der Waals surface area contributed by atoms with Crippen molar-refractivity contribution in [2.24, 2.45) is 0 Å². The molecule has 2 rings (SSSR count). The van der Waals surface area contributed by atoms with E-state index in [-0.39, 0.29) is 0 Å². The second kappa shape index (κ2) is 2.63. The maximum atomic E-state index is 4.25. The van der Waals surface area contributed by atoms with E-state index in [2.05, 4.69) is 31.1 Å². The van der Waals surface area contributed by atoms with E-state index in [4.69, 9.17) is 0 Å². The van der Waals surface area contributed by atoms with E-state index in [1.807, 2.05) is 16.9 Å². The van der Waals surface area contributed by atoms with Crippen LogP contribution in [0.2, 0.25) is 0 Å². The summed E-state index contributed by atoms with van der Waals surface area (Å²) < 4.78 is 1.92. The van der Waals surface area contributed by atoms with E-state index >= 15 is 0 Å². The molecule has 0 saturated heterocycles. The van der Waals surface area contributed by atoms with Gasteiger partial charge >= 0.3 is 0 Å². The third-order valence-corrected chi connectivity index (χ3v) is 2.14. The van der Waals surface area contributed by atoms with Crippen LogP contribution in [-0.4, -0.2) is 9.61 Å². The Morgan fingerprint density at radius 3 is 3.08 bits per heavy atom. The minimum Gasteiger partial charge on any atom is -0.241 e. The lowest BCUT2D eigenvalue weighted by molar-refractivity contribution is 0.958. The van der Waals surface area contributed by atoms with Crippen LogP contribution < -0.4 is 0 Å². The molecule has 0 radical (unpaired) electrons. The van der Waals surface area contributed by atoms with Crippen LogP contribution in [0, 0.1) is 6.92 Å². The average molecular weight is 160 g/mol. The summed E-state index contributed by atoms with van der Waals surface area (Å²) in [7, 11) is 0. The molecule has 12 heavy (non-hydrogen) atoms. The zero-order valence-corrected chi connectivity index (χ0v) is 7.41. The van der Waals surface area contributed by atoms with Gasteiger partial charge in [0.05, 0.1) is 11.7 Å². The first-order valence-corrected chi connectivity index (χ1v) is 4.24. The van der Waals surface area contributed by atoms with Gasteiger partial charge < -0.3 is 0 Å². The molecule has 2 aromatic rings. The van der Waals surface area contributed by atoms with Crippen LogP contribution in [0.1, 0.15) is 18.1 Å². The second-order valence-electron chi connectivity index (χ2n) is 3.06. The topological polar surface area (TPSA) is 17.3 Å². The van der Waals surface area contributed by atoms with E-state index < -0.39 is 0 Å². The summed E-state index contributed by atoms with van der Waals surface area (Å²) in [6.45, 7) is 4.26. The Morgan fingerprint density at radius 1 is 1.50 bits per heavy atom. The van der Waals surface area contributed by atoms with Crippen LogP contribution in [0.15, 0.2) is 24.5 Å². The minimum atomic E-state index is 1.05. The summed E-state index contributed by atoms with van der Waals surface area (Å²) in [6.07, 6.45) is 4.99. The number of hydrogen-bond donors (Lipinski definition) is 0. The molecule has 0 aliphatic carbocycles. The first-order chi connectivity index (χ1) is 5.81. The molecule has 0 spiro atoms. The molecule has 0 N–H and O–H groups in total. The van der Waals surface area contributed by atoms with Crippen molar-refractivity contribution in [1.29, 1.82) is 0 Å². The number of aryl methyl sites for hydroxylation is 2. The van der Waals surface area contributed by atoms with Crippen molar-refractivity contribution in [1.82, 2.24) is 9.61 Å². The fraction of sp³-hybridized carbons (Fsp3) is 0.300. The smallest absolute Gasteiger partial charge is 0.0696 e. The Kier molecular flexibility index (Phi) is 1.61. The quantitative estimate of drug-likeness (QED) is 0.625. The van der Waals surface area contributed by atoms with E-state index in [1.165, 1.54) is 16.6 Å². The number of fused-ring (bicyclic) bond motifs is 1. The number of pyridine rings is 1. The van der Waals surface area contributed by atoms with Gasteiger partial charge in [-0.15, -0.1) is 0 Å². The summed E-state index contributed by atoms with van der Waals surface area (Å²) >= 11 is 0. The predicted molar refractivity (Wildman–Crippen MR) is 49.3 cm³/mol. The first kappa shape index (κ1) is 7.35. The number of aromatic nitrogens is 2. The third-order valence-electron chi connectivity index (χ3n) is 2.14. The summed E-state index contributed by atoms with van der Waals surface area (Å²) in [5, 5.41) is 4.25. The van der Waals surface area contributed by atoms with Gasteiger partial charge in [-0.3, -0.25) is 0 Å².